The maximum atomic E-state index is 3.40. The molecule has 0 bridgehead atoms. The zero-order chi connectivity index (χ0) is 12.5. The Labute approximate surface area is 108 Å². The highest BCUT2D eigenvalue weighted by molar-refractivity contribution is 5.81. The number of rotatable bonds is 2. The first kappa shape index (κ1) is 11.8. The van der Waals surface area contributed by atoms with Crippen molar-refractivity contribution >= 4 is 10.9 Å². The average Bonchev–Trinajstić information content (AvgIpc) is 2.68. The summed E-state index contributed by atoms with van der Waals surface area (Å²) in [7, 11) is 2.18. The third-order valence-corrected chi connectivity index (χ3v) is 3.90. The molecule has 1 aromatic heterocycles. The molecule has 0 radical (unpaired) electrons. The van der Waals surface area contributed by atoms with E-state index < -0.39 is 0 Å². The van der Waals surface area contributed by atoms with Gasteiger partial charge in [-0.05, 0) is 30.0 Å². The van der Waals surface area contributed by atoms with E-state index in [1.165, 1.54) is 22.2 Å². The van der Waals surface area contributed by atoms with Crippen LogP contribution in [0.2, 0.25) is 0 Å². The molecular formula is C15H21N3. The van der Waals surface area contributed by atoms with Gasteiger partial charge in [-0.1, -0.05) is 12.1 Å². The van der Waals surface area contributed by atoms with Crippen molar-refractivity contribution in [3.63, 3.8) is 0 Å². The summed E-state index contributed by atoms with van der Waals surface area (Å²) in [5, 5.41) is 4.76. The minimum absolute atomic E-state index is 1.06. The van der Waals surface area contributed by atoms with Crippen LogP contribution in [0.3, 0.4) is 0 Å². The van der Waals surface area contributed by atoms with E-state index >= 15 is 0 Å². The Morgan fingerprint density at radius 2 is 1.94 bits per heavy atom. The lowest BCUT2D eigenvalue weighted by Crippen LogP contribution is -2.43. The maximum Gasteiger partial charge on any atom is 0.0482 e. The summed E-state index contributed by atoms with van der Waals surface area (Å²) in [6.07, 6.45) is 0. The first-order valence-electron chi connectivity index (χ1n) is 6.72. The van der Waals surface area contributed by atoms with E-state index in [2.05, 4.69) is 53.0 Å². The average molecular weight is 243 g/mol. The minimum Gasteiger partial charge on any atom is -0.346 e. The standard InChI is InChI=1S/C15H21N3/c1-12-3-4-13-10-14(17(2)15(13)9-12)11-18-7-5-16-6-8-18/h3-4,9-10,16H,5-8,11H2,1-2H3. The number of fused-ring (bicyclic) bond motifs is 1. The molecule has 0 spiro atoms. The molecule has 3 rings (SSSR count). The number of hydrogen-bond donors (Lipinski definition) is 1. The summed E-state index contributed by atoms with van der Waals surface area (Å²) in [6, 6.07) is 9.02. The molecule has 1 aromatic carbocycles. The summed E-state index contributed by atoms with van der Waals surface area (Å²) in [5.41, 5.74) is 4.09. The number of aryl methyl sites for hydroxylation is 2. The van der Waals surface area contributed by atoms with Crippen molar-refractivity contribution in [2.24, 2.45) is 7.05 Å². The molecule has 3 heteroatoms. The van der Waals surface area contributed by atoms with Gasteiger partial charge in [-0.2, -0.15) is 0 Å². The highest BCUT2D eigenvalue weighted by Gasteiger charge is 2.13. The zero-order valence-corrected chi connectivity index (χ0v) is 11.2. The topological polar surface area (TPSA) is 20.2 Å². The van der Waals surface area contributed by atoms with Crippen LogP contribution in [0.4, 0.5) is 0 Å². The first-order valence-corrected chi connectivity index (χ1v) is 6.72. The second-order valence-electron chi connectivity index (χ2n) is 5.28. The van der Waals surface area contributed by atoms with Crippen LogP contribution >= 0.6 is 0 Å². The second-order valence-corrected chi connectivity index (χ2v) is 5.28. The van der Waals surface area contributed by atoms with Crippen molar-refractivity contribution in [2.75, 3.05) is 26.2 Å². The smallest absolute Gasteiger partial charge is 0.0482 e. The molecule has 0 saturated carbocycles. The van der Waals surface area contributed by atoms with E-state index in [-0.39, 0.29) is 0 Å². The third-order valence-electron chi connectivity index (χ3n) is 3.90. The Bertz CT molecular complexity index is 550. The fourth-order valence-corrected chi connectivity index (χ4v) is 2.75. The SMILES string of the molecule is Cc1ccc2cc(CN3CCNCC3)n(C)c2c1. The van der Waals surface area contributed by atoms with Gasteiger partial charge in [0.15, 0.2) is 0 Å². The van der Waals surface area contributed by atoms with Crippen LogP contribution < -0.4 is 5.32 Å². The molecule has 96 valence electrons. The zero-order valence-electron chi connectivity index (χ0n) is 11.2. The van der Waals surface area contributed by atoms with E-state index in [0.29, 0.717) is 0 Å². The summed E-state index contributed by atoms with van der Waals surface area (Å²) in [6.45, 7) is 7.75. The van der Waals surface area contributed by atoms with Gasteiger partial charge < -0.3 is 9.88 Å². The van der Waals surface area contributed by atoms with Gasteiger partial charge in [0.2, 0.25) is 0 Å². The Morgan fingerprint density at radius 1 is 1.17 bits per heavy atom. The fraction of sp³-hybridized carbons (Fsp3) is 0.467. The molecule has 0 amide bonds. The Hall–Kier alpha value is -1.32. The molecule has 2 aromatic rings. The van der Waals surface area contributed by atoms with Crippen molar-refractivity contribution in [1.29, 1.82) is 0 Å². The number of aromatic nitrogens is 1. The monoisotopic (exact) mass is 243 g/mol. The van der Waals surface area contributed by atoms with Crippen molar-refractivity contribution < 1.29 is 0 Å². The first-order chi connectivity index (χ1) is 8.74. The Kier molecular flexibility index (Phi) is 3.10. The molecule has 1 saturated heterocycles. The van der Waals surface area contributed by atoms with E-state index in [1.54, 1.807) is 0 Å². The van der Waals surface area contributed by atoms with Crippen LogP contribution in [0.25, 0.3) is 10.9 Å². The second kappa shape index (κ2) is 4.75. The van der Waals surface area contributed by atoms with Gasteiger partial charge in [0.05, 0.1) is 0 Å². The van der Waals surface area contributed by atoms with E-state index in [0.717, 1.165) is 32.7 Å². The Balaban J connectivity index is 1.89. The van der Waals surface area contributed by atoms with Gasteiger partial charge in [0, 0.05) is 51.0 Å². The molecule has 2 heterocycles. The number of hydrogen-bond acceptors (Lipinski definition) is 2. The van der Waals surface area contributed by atoms with Crippen molar-refractivity contribution in [1.82, 2.24) is 14.8 Å². The van der Waals surface area contributed by atoms with Gasteiger partial charge in [-0.25, -0.2) is 0 Å². The lowest BCUT2D eigenvalue weighted by atomic mass is 10.2. The summed E-state index contributed by atoms with van der Waals surface area (Å²) in [4.78, 5) is 2.53. The normalized spacial score (nSPS) is 17.4. The van der Waals surface area contributed by atoms with Crippen molar-refractivity contribution in [2.45, 2.75) is 13.5 Å². The highest BCUT2D eigenvalue weighted by atomic mass is 15.2. The fourth-order valence-electron chi connectivity index (χ4n) is 2.75. The molecule has 1 fully saturated rings. The molecule has 1 N–H and O–H groups in total. The quantitative estimate of drug-likeness (QED) is 0.869. The van der Waals surface area contributed by atoms with Gasteiger partial charge >= 0.3 is 0 Å². The highest BCUT2D eigenvalue weighted by Crippen LogP contribution is 2.21. The van der Waals surface area contributed by atoms with Crippen LogP contribution in [-0.4, -0.2) is 35.6 Å². The van der Waals surface area contributed by atoms with Crippen LogP contribution in [0.15, 0.2) is 24.3 Å². The summed E-state index contributed by atoms with van der Waals surface area (Å²) < 4.78 is 2.34. The maximum absolute atomic E-state index is 3.40. The van der Waals surface area contributed by atoms with Crippen molar-refractivity contribution in [3.8, 4) is 0 Å². The molecule has 0 aliphatic carbocycles. The number of nitrogens with one attached hydrogen (secondary N) is 1. The van der Waals surface area contributed by atoms with Crippen LogP contribution in [0, 0.1) is 6.92 Å². The van der Waals surface area contributed by atoms with Gasteiger partial charge in [0.1, 0.15) is 0 Å². The van der Waals surface area contributed by atoms with Crippen LogP contribution in [-0.2, 0) is 13.6 Å². The number of benzene rings is 1. The lowest BCUT2D eigenvalue weighted by molar-refractivity contribution is 0.229. The minimum atomic E-state index is 1.06. The number of nitrogens with zero attached hydrogens (tertiary/aromatic N) is 2. The van der Waals surface area contributed by atoms with E-state index in [4.69, 9.17) is 0 Å². The molecule has 0 atom stereocenters. The molecule has 1 aliphatic heterocycles. The van der Waals surface area contributed by atoms with Gasteiger partial charge in [-0.15, -0.1) is 0 Å². The summed E-state index contributed by atoms with van der Waals surface area (Å²) >= 11 is 0. The van der Waals surface area contributed by atoms with Crippen LogP contribution in [0.1, 0.15) is 11.3 Å². The third kappa shape index (κ3) is 2.16. The number of piperazine rings is 1. The molecule has 0 unspecified atom stereocenters. The molecular weight excluding hydrogens is 222 g/mol. The van der Waals surface area contributed by atoms with E-state index in [1.807, 2.05) is 0 Å². The lowest BCUT2D eigenvalue weighted by Gasteiger charge is -2.27. The van der Waals surface area contributed by atoms with E-state index in [9.17, 15) is 0 Å². The van der Waals surface area contributed by atoms with Gasteiger partial charge in [-0.3, -0.25) is 4.90 Å². The van der Waals surface area contributed by atoms with Crippen molar-refractivity contribution in [3.05, 3.63) is 35.5 Å². The largest absolute Gasteiger partial charge is 0.346 e. The Morgan fingerprint density at radius 3 is 2.72 bits per heavy atom. The summed E-state index contributed by atoms with van der Waals surface area (Å²) in [5.74, 6) is 0. The molecule has 1 aliphatic rings. The van der Waals surface area contributed by atoms with Crippen LogP contribution in [0.5, 0.6) is 0 Å². The molecule has 3 nitrogen and oxygen atoms in total. The molecule has 18 heavy (non-hydrogen) atoms. The predicted molar refractivity (Wildman–Crippen MR) is 75.8 cm³/mol. The van der Waals surface area contributed by atoms with Gasteiger partial charge in [0.25, 0.3) is 0 Å². The predicted octanol–water partition coefficient (Wildman–Crippen LogP) is 1.89.